The summed E-state index contributed by atoms with van der Waals surface area (Å²) in [6, 6.07) is 8.13. The zero-order valence-electron chi connectivity index (χ0n) is 13.5. The van der Waals surface area contributed by atoms with E-state index in [4.69, 9.17) is 0 Å². The zero-order valence-corrected chi connectivity index (χ0v) is 13.5. The van der Waals surface area contributed by atoms with Crippen LogP contribution in [0.15, 0.2) is 47.8 Å². The van der Waals surface area contributed by atoms with Gasteiger partial charge in [0.1, 0.15) is 5.82 Å². The Kier molecular flexibility index (Phi) is 5.82. The molecular weight excluding hydrogens is 276 g/mol. The fourth-order valence-corrected chi connectivity index (χ4v) is 2.04. The van der Waals surface area contributed by atoms with Gasteiger partial charge in [0, 0.05) is 59.4 Å². The molecule has 2 aromatic rings. The minimum Gasteiger partial charge on any atom is -0.363 e. The van der Waals surface area contributed by atoms with E-state index in [-0.39, 0.29) is 0 Å². The minimum absolute atomic E-state index is 0.715. The first-order chi connectivity index (χ1) is 10.7. The SMILES string of the molecule is CN=C(NCCn1cccc1)NCc1ccnc(N(C)C)c1. The van der Waals surface area contributed by atoms with Gasteiger partial charge in [0.25, 0.3) is 0 Å². The summed E-state index contributed by atoms with van der Waals surface area (Å²) in [5.74, 6) is 1.75. The Morgan fingerprint density at radius 2 is 2.05 bits per heavy atom. The van der Waals surface area contributed by atoms with Gasteiger partial charge in [-0.3, -0.25) is 4.99 Å². The van der Waals surface area contributed by atoms with Crippen molar-refractivity contribution in [2.75, 3.05) is 32.6 Å². The third kappa shape index (κ3) is 4.80. The number of hydrogen-bond acceptors (Lipinski definition) is 3. The fourth-order valence-electron chi connectivity index (χ4n) is 2.04. The van der Waals surface area contributed by atoms with Crippen LogP contribution in [-0.4, -0.2) is 43.2 Å². The van der Waals surface area contributed by atoms with Crippen molar-refractivity contribution in [2.24, 2.45) is 4.99 Å². The van der Waals surface area contributed by atoms with E-state index in [0.717, 1.165) is 24.9 Å². The van der Waals surface area contributed by atoms with Crippen molar-refractivity contribution in [2.45, 2.75) is 13.1 Å². The molecule has 6 heteroatoms. The van der Waals surface area contributed by atoms with Crippen molar-refractivity contribution in [3.8, 4) is 0 Å². The highest BCUT2D eigenvalue weighted by Gasteiger charge is 2.01. The van der Waals surface area contributed by atoms with Gasteiger partial charge in [-0.05, 0) is 29.8 Å². The van der Waals surface area contributed by atoms with Crippen LogP contribution >= 0.6 is 0 Å². The molecule has 0 saturated heterocycles. The number of rotatable bonds is 6. The number of aromatic nitrogens is 2. The monoisotopic (exact) mass is 300 g/mol. The molecule has 2 aromatic heterocycles. The molecule has 22 heavy (non-hydrogen) atoms. The Bertz CT molecular complexity index is 588. The highest BCUT2D eigenvalue weighted by molar-refractivity contribution is 5.79. The van der Waals surface area contributed by atoms with E-state index in [1.807, 2.05) is 43.4 Å². The minimum atomic E-state index is 0.715. The second kappa shape index (κ2) is 8.07. The summed E-state index contributed by atoms with van der Waals surface area (Å²) in [5.41, 5.74) is 1.17. The van der Waals surface area contributed by atoms with Crippen LogP contribution in [0.25, 0.3) is 0 Å². The van der Waals surface area contributed by atoms with Gasteiger partial charge in [-0.25, -0.2) is 4.98 Å². The van der Waals surface area contributed by atoms with Gasteiger partial charge in [0.05, 0.1) is 0 Å². The molecule has 2 heterocycles. The molecule has 118 valence electrons. The Hall–Kier alpha value is -2.50. The normalized spacial score (nSPS) is 11.3. The van der Waals surface area contributed by atoms with E-state index >= 15 is 0 Å². The lowest BCUT2D eigenvalue weighted by atomic mass is 10.2. The largest absolute Gasteiger partial charge is 0.363 e. The first-order valence-corrected chi connectivity index (χ1v) is 7.36. The second-order valence-corrected chi connectivity index (χ2v) is 5.19. The van der Waals surface area contributed by atoms with Crippen molar-refractivity contribution < 1.29 is 0 Å². The van der Waals surface area contributed by atoms with Gasteiger partial charge in [-0.1, -0.05) is 0 Å². The van der Waals surface area contributed by atoms with Crippen LogP contribution in [-0.2, 0) is 13.1 Å². The maximum absolute atomic E-state index is 4.31. The third-order valence-corrected chi connectivity index (χ3v) is 3.28. The van der Waals surface area contributed by atoms with Crippen LogP contribution in [0.2, 0.25) is 0 Å². The second-order valence-electron chi connectivity index (χ2n) is 5.19. The smallest absolute Gasteiger partial charge is 0.191 e. The third-order valence-electron chi connectivity index (χ3n) is 3.28. The van der Waals surface area contributed by atoms with Gasteiger partial charge >= 0.3 is 0 Å². The molecule has 0 aliphatic heterocycles. The topological polar surface area (TPSA) is 57.5 Å². The average Bonchev–Trinajstić information content (AvgIpc) is 3.04. The molecule has 0 spiro atoms. The van der Waals surface area contributed by atoms with Gasteiger partial charge in [-0.15, -0.1) is 0 Å². The Morgan fingerprint density at radius 1 is 1.27 bits per heavy atom. The first kappa shape index (κ1) is 15.9. The Morgan fingerprint density at radius 3 is 2.73 bits per heavy atom. The van der Waals surface area contributed by atoms with E-state index in [0.29, 0.717) is 6.54 Å². The highest BCUT2D eigenvalue weighted by atomic mass is 15.2. The lowest BCUT2D eigenvalue weighted by Crippen LogP contribution is -2.38. The number of anilines is 1. The maximum atomic E-state index is 4.31. The number of guanidine groups is 1. The fraction of sp³-hybridized carbons (Fsp3) is 0.375. The van der Waals surface area contributed by atoms with Crippen LogP contribution in [0.1, 0.15) is 5.56 Å². The molecule has 0 atom stereocenters. The van der Waals surface area contributed by atoms with Crippen molar-refractivity contribution in [3.63, 3.8) is 0 Å². The van der Waals surface area contributed by atoms with E-state index in [1.165, 1.54) is 5.56 Å². The van der Waals surface area contributed by atoms with Gasteiger partial charge < -0.3 is 20.1 Å². The molecule has 0 aliphatic carbocycles. The molecule has 0 amide bonds. The summed E-state index contributed by atoms with van der Waals surface area (Å²) in [6.45, 7) is 2.45. The summed E-state index contributed by atoms with van der Waals surface area (Å²) in [4.78, 5) is 10.5. The predicted octanol–water partition coefficient (Wildman–Crippen LogP) is 1.31. The van der Waals surface area contributed by atoms with Crippen molar-refractivity contribution in [1.82, 2.24) is 20.2 Å². The molecule has 6 nitrogen and oxygen atoms in total. The molecule has 2 rings (SSSR count). The molecule has 2 N–H and O–H groups in total. The molecule has 0 aromatic carbocycles. The zero-order chi connectivity index (χ0) is 15.8. The molecular formula is C16H24N6. The van der Waals surface area contributed by atoms with Crippen LogP contribution in [0.3, 0.4) is 0 Å². The number of pyridine rings is 1. The van der Waals surface area contributed by atoms with E-state index in [9.17, 15) is 0 Å². The van der Waals surface area contributed by atoms with Crippen LogP contribution in [0.4, 0.5) is 5.82 Å². The quantitative estimate of drug-likeness (QED) is 0.624. The average molecular weight is 300 g/mol. The molecule has 0 radical (unpaired) electrons. The van der Waals surface area contributed by atoms with Crippen molar-refractivity contribution in [3.05, 3.63) is 48.4 Å². The van der Waals surface area contributed by atoms with Gasteiger partial charge in [-0.2, -0.15) is 0 Å². The summed E-state index contributed by atoms with van der Waals surface area (Å²) in [7, 11) is 5.76. The maximum Gasteiger partial charge on any atom is 0.191 e. The van der Waals surface area contributed by atoms with Gasteiger partial charge in [0.2, 0.25) is 0 Å². The summed E-state index contributed by atoms with van der Waals surface area (Å²) in [6.07, 6.45) is 5.93. The summed E-state index contributed by atoms with van der Waals surface area (Å²) in [5, 5.41) is 6.62. The molecule has 0 bridgehead atoms. The van der Waals surface area contributed by atoms with Crippen molar-refractivity contribution >= 4 is 11.8 Å². The number of hydrogen-bond donors (Lipinski definition) is 2. The summed E-state index contributed by atoms with van der Waals surface area (Å²) < 4.78 is 2.13. The molecule has 0 unspecified atom stereocenters. The number of nitrogens with zero attached hydrogens (tertiary/aromatic N) is 4. The van der Waals surface area contributed by atoms with Crippen LogP contribution < -0.4 is 15.5 Å². The Labute approximate surface area is 131 Å². The molecule has 0 saturated carbocycles. The molecule has 0 aliphatic rings. The van der Waals surface area contributed by atoms with E-state index in [1.54, 1.807) is 7.05 Å². The van der Waals surface area contributed by atoms with Crippen LogP contribution in [0, 0.1) is 0 Å². The van der Waals surface area contributed by atoms with Gasteiger partial charge in [0.15, 0.2) is 5.96 Å². The predicted molar refractivity (Wildman–Crippen MR) is 91.2 cm³/mol. The molecule has 0 fully saturated rings. The lowest BCUT2D eigenvalue weighted by Gasteiger charge is -2.14. The van der Waals surface area contributed by atoms with Crippen LogP contribution in [0.5, 0.6) is 0 Å². The number of nitrogens with one attached hydrogen (secondary N) is 2. The number of aliphatic imine (C=N–C) groups is 1. The standard InChI is InChI=1S/C16H24N6/c1-17-16(19-8-11-22-9-4-5-10-22)20-13-14-6-7-18-15(12-14)21(2)3/h4-7,9-10,12H,8,11,13H2,1-3H3,(H2,17,19,20). The lowest BCUT2D eigenvalue weighted by molar-refractivity contribution is 0.665. The Balaban J connectivity index is 1.79. The highest BCUT2D eigenvalue weighted by Crippen LogP contribution is 2.08. The van der Waals surface area contributed by atoms with E-state index in [2.05, 4.69) is 43.6 Å². The van der Waals surface area contributed by atoms with Crippen molar-refractivity contribution in [1.29, 1.82) is 0 Å². The summed E-state index contributed by atoms with van der Waals surface area (Å²) >= 11 is 0. The first-order valence-electron chi connectivity index (χ1n) is 7.36. The van der Waals surface area contributed by atoms with E-state index < -0.39 is 0 Å².